The molecule has 0 saturated heterocycles. The first-order valence-electron chi connectivity index (χ1n) is 3.96. The van der Waals surface area contributed by atoms with E-state index in [0.717, 1.165) is 4.47 Å². The number of hydrogen-bond donors (Lipinski definition) is 1. The van der Waals surface area contributed by atoms with Crippen LogP contribution in [0.4, 0.5) is 4.39 Å². The number of benzene rings is 1. The average molecular weight is 281 g/mol. The Bertz CT molecular complexity index is 317. The summed E-state index contributed by atoms with van der Waals surface area (Å²) in [5, 5.41) is 0. The summed E-state index contributed by atoms with van der Waals surface area (Å²) in [5.41, 5.74) is 6.26. The molecule has 1 aromatic carbocycles. The van der Waals surface area contributed by atoms with Crippen LogP contribution >= 0.6 is 28.3 Å². The van der Waals surface area contributed by atoms with Gasteiger partial charge in [0, 0.05) is 16.1 Å². The number of nitrogens with two attached hydrogens (primary N) is 1. The summed E-state index contributed by atoms with van der Waals surface area (Å²) >= 11 is 3.18. The van der Waals surface area contributed by atoms with Crippen molar-refractivity contribution < 1.29 is 4.39 Å². The summed E-state index contributed by atoms with van der Waals surface area (Å²) in [5.74, 6) is -0.274. The lowest BCUT2D eigenvalue weighted by Gasteiger charge is -2.10. The quantitative estimate of drug-likeness (QED) is 0.841. The summed E-state index contributed by atoms with van der Waals surface area (Å²) in [6, 6.07) is 4.58. The Morgan fingerprint density at radius 2 is 2.21 bits per heavy atom. The van der Waals surface area contributed by atoms with E-state index in [0.29, 0.717) is 12.0 Å². The average Bonchev–Trinajstić information content (AvgIpc) is 2.04. The topological polar surface area (TPSA) is 26.0 Å². The molecule has 0 aliphatic rings. The van der Waals surface area contributed by atoms with Crippen molar-refractivity contribution in [2.45, 2.75) is 12.5 Å². The van der Waals surface area contributed by atoms with Crippen LogP contribution in [-0.2, 0) is 0 Å². The second kappa shape index (κ2) is 6.17. The lowest BCUT2D eigenvalue weighted by molar-refractivity contribution is 0.583. The van der Waals surface area contributed by atoms with Gasteiger partial charge in [-0.1, -0.05) is 28.1 Å². The molecule has 1 atom stereocenters. The van der Waals surface area contributed by atoms with Gasteiger partial charge in [0.25, 0.3) is 0 Å². The monoisotopic (exact) mass is 279 g/mol. The maximum absolute atomic E-state index is 13.3. The SMILES string of the molecule is C=CC[C@H](N)c1ccc(Br)cc1F.Cl. The molecule has 14 heavy (non-hydrogen) atoms. The summed E-state index contributed by atoms with van der Waals surface area (Å²) in [7, 11) is 0. The van der Waals surface area contributed by atoms with Crippen molar-refractivity contribution in [2.75, 3.05) is 0 Å². The summed E-state index contributed by atoms with van der Waals surface area (Å²) in [4.78, 5) is 0. The smallest absolute Gasteiger partial charge is 0.129 e. The van der Waals surface area contributed by atoms with E-state index in [1.807, 2.05) is 0 Å². The fourth-order valence-corrected chi connectivity index (χ4v) is 1.44. The van der Waals surface area contributed by atoms with E-state index in [1.165, 1.54) is 6.07 Å². The molecule has 0 bridgehead atoms. The molecule has 4 heteroatoms. The van der Waals surface area contributed by atoms with Crippen molar-refractivity contribution in [3.8, 4) is 0 Å². The van der Waals surface area contributed by atoms with Gasteiger partial charge < -0.3 is 5.73 Å². The van der Waals surface area contributed by atoms with Crippen molar-refractivity contribution in [3.63, 3.8) is 0 Å². The first-order chi connectivity index (χ1) is 6.15. The Morgan fingerprint density at radius 1 is 1.57 bits per heavy atom. The van der Waals surface area contributed by atoms with Crippen molar-refractivity contribution in [1.82, 2.24) is 0 Å². The molecule has 0 unspecified atom stereocenters. The predicted octanol–water partition coefficient (Wildman–Crippen LogP) is 3.59. The summed E-state index contributed by atoms with van der Waals surface area (Å²) in [6.07, 6.45) is 2.27. The molecule has 0 fully saturated rings. The minimum Gasteiger partial charge on any atom is -0.324 e. The molecule has 1 nitrogen and oxygen atoms in total. The van der Waals surface area contributed by atoms with Crippen LogP contribution in [0.1, 0.15) is 18.0 Å². The predicted molar refractivity (Wildman–Crippen MR) is 63.1 cm³/mol. The largest absolute Gasteiger partial charge is 0.324 e. The van der Waals surface area contributed by atoms with Crippen LogP contribution in [-0.4, -0.2) is 0 Å². The highest BCUT2D eigenvalue weighted by Crippen LogP contribution is 2.21. The van der Waals surface area contributed by atoms with Gasteiger partial charge in [-0.2, -0.15) is 0 Å². The zero-order valence-corrected chi connectivity index (χ0v) is 9.94. The highest BCUT2D eigenvalue weighted by atomic mass is 79.9. The van der Waals surface area contributed by atoms with Gasteiger partial charge in [0.05, 0.1) is 0 Å². The maximum Gasteiger partial charge on any atom is 0.129 e. The van der Waals surface area contributed by atoms with E-state index < -0.39 is 0 Å². The molecule has 78 valence electrons. The van der Waals surface area contributed by atoms with E-state index in [9.17, 15) is 4.39 Å². The first-order valence-corrected chi connectivity index (χ1v) is 4.76. The van der Waals surface area contributed by atoms with Crippen LogP contribution in [0.15, 0.2) is 35.3 Å². The molecule has 0 aliphatic carbocycles. The third kappa shape index (κ3) is 3.40. The number of halogens is 3. The molecule has 2 N–H and O–H groups in total. The highest BCUT2D eigenvalue weighted by molar-refractivity contribution is 9.10. The van der Waals surface area contributed by atoms with E-state index >= 15 is 0 Å². The maximum atomic E-state index is 13.3. The second-order valence-corrected chi connectivity index (χ2v) is 3.71. The third-order valence-corrected chi connectivity index (χ3v) is 2.28. The van der Waals surface area contributed by atoms with Crippen LogP contribution in [0.5, 0.6) is 0 Å². The van der Waals surface area contributed by atoms with Crippen LogP contribution in [0.3, 0.4) is 0 Å². The standard InChI is InChI=1S/C10H11BrFN.ClH/c1-2-3-10(13)8-5-4-7(11)6-9(8)12;/h2,4-6,10H,1,3,13H2;1H/t10-;/m0./s1. The van der Waals surface area contributed by atoms with Crippen LogP contribution < -0.4 is 5.73 Å². The second-order valence-electron chi connectivity index (χ2n) is 2.80. The highest BCUT2D eigenvalue weighted by Gasteiger charge is 2.09. The van der Waals surface area contributed by atoms with Crippen molar-refractivity contribution in [1.29, 1.82) is 0 Å². The molecule has 0 aromatic heterocycles. The normalized spacial score (nSPS) is 11.6. The van der Waals surface area contributed by atoms with Crippen molar-refractivity contribution in [3.05, 3.63) is 46.7 Å². The zero-order chi connectivity index (χ0) is 9.84. The molecule has 1 aromatic rings. The molecular formula is C10H12BrClFN. The Balaban J connectivity index is 0.00000169. The molecule has 0 amide bonds. The van der Waals surface area contributed by atoms with Crippen LogP contribution in [0, 0.1) is 5.82 Å². The lowest BCUT2D eigenvalue weighted by Crippen LogP contribution is -2.10. The summed E-state index contributed by atoms with van der Waals surface area (Å²) < 4.78 is 14.0. The minimum absolute atomic E-state index is 0. The third-order valence-electron chi connectivity index (χ3n) is 1.78. The number of rotatable bonds is 3. The zero-order valence-electron chi connectivity index (χ0n) is 7.54. The van der Waals surface area contributed by atoms with Gasteiger partial charge in [-0.3, -0.25) is 0 Å². The molecule has 0 spiro atoms. The lowest BCUT2D eigenvalue weighted by atomic mass is 10.0. The molecule has 0 aliphatic heterocycles. The fourth-order valence-electron chi connectivity index (χ4n) is 1.11. The minimum atomic E-state index is -0.300. The van der Waals surface area contributed by atoms with Gasteiger partial charge in [0.2, 0.25) is 0 Å². The van der Waals surface area contributed by atoms with Gasteiger partial charge in [0.15, 0.2) is 0 Å². The van der Waals surface area contributed by atoms with E-state index in [2.05, 4.69) is 22.5 Å². The first kappa shape index (κ1) is 13.6. The van der Waals surface area contributed by atoms with E-state index in [-0.39, 0.29) is 24.3 Å². The van der Waals surface area contributed by atoms with Crippen molar-refractivity contribution in [2.24, 2.45) is 5.73 Å². The van der Waals surface area contributed by atoms with Crippen LogP contribution in [0.2, 0.25) is 0 Å². The van der Waals surface area contributed by atoms with Gasteiger partial charge in [-0.25, -0.2) is 4.39 Å². The van der Waals surface area contributed by atoms with E-state index in [4.69, 9.17) is 5.73 Å². The fraction of sp³-hybridized carbons (Fsp3) is 0.200. The Kier molecular flexibility index (Phi) is 6.00. The van der Waals surface area contributed by atoms with Gasteiger partial charge >= 0.3 is 0 Å². The summed E-state index contributed by atoms with van der Waals surface area (Å²) in [6.45, 7) is 3.56. The molecule has 0 radical (unpaired) electrons. The Labute approximate surface area is 97.7 Å². The van der Waals surface area contributed by atoms with Gasteiger partial charge in [0.1, 0.15) is 5.82 Å². The Morgan fingerprint density at radius 3 is 2.71 bits per heavy atom. The van der Waals surface area contributed by atoms with Crippen molar-refractivity contribution >= 4 is 28.3 Å². The molecule has 0 heterocycles. The van der Waals surface area contributed by atoms with Crippen LogP contribution in [0.25, 0.3) is 0 Å². The molecule has 0 saturated carbocycles. The van der Waals surface area contributed by atoms with Gasteiger partial charge in [-0.05, 0) is 18.6 Å². The van der Waals surface area contributed by atoms with Gasteiger partial charge in [-0.15, -0.1) is 19.0 Å². The molecule has 1 rings (SSSR count). The Hall–Kier alpha value is -0.380. The molecular weight excluding hydrogens is 268 g/mol. The number of hydrogen-bond acceptors (Lipinski definition) is 1. The van der Waals surface area contributed by atoms with E-state index in [1.54, 1.807) is 18.2 Å².